The molecule has 3 aromatic rings. The predicted octanol–water partition coefficient (Wildman–Crippen LogP) is 3.84. The largest absolute Gasteiger partial charge is 0.416 e. The van der Waals surface area contributed by atoms with Crippen molar-refractivity contribution < 1.29 is 22.5 Å². The van der Waals surface area contributed by atoms with Crippen LogP contribution in [-0.4, -0.2) is 33.9 Å². The van der Waals surface area contributed by atoms with Crippen molar-refractivity contribution in [2.24, 2.45) is 0 Å². The molecule has 1 aromatic carbocycles. The van der Waals surface area contributed by atoms with E-state index in [0.717, 1.165) is 38.1 Å². The fraction of sp³-hybridized carbons (Fsp3) is 0.350. The van der Waals surface area contributed by atoms with E-state index in [9.17, 15) is 18.0 Å². The molecule has 3 heterocycles. The molecule has 0 bridgehead atoms. The number of anilines is 1. The number of alkyl halides is 3. The molecule has 0 radical (unpaired) electrons. The minimum Gasteiger partial charge on any atom is -0.367 e. The van der Waals surface area contributed by atoms with E-state index in [1.807, 2.05) is 4.68 Å². The van der Waals surface area contributed by atoms with Crippen LogP contribution in [0, 0.1) is 0 Å². The van der Waals surface area contributed by atoms with E-state index >= 15 is 0 Å². The zero-order chi connectivity index (χ0) is 22.0. The first-order valence-corrected chi connectivity index (χ1v) is 9.77. The van der Waals surface area contributed by atoms with Crippen molar-refractivity contribution in [3.8, 4) is 11.3 Å². The number of hydrogen-bond acceptors (Lipinski definition) is 6. The fourth-order valence-electron chi connectivity index (χ4n) is 3.58. The van der Waals surface area contributed by atoms with E-state index in [0.29, 0.717) is 11.1 Å². The lowest BCUT2D eigenvalue weighted by Crippen LogP contribution is -2.29. The van der Waals surface area contributed by atoms with Crippen molar-refractivity contribution in [3.63, 3.8) is 0 Å². The van der Waals surface area contributed by atoms with Crippen molar-refractivity contribution in [2.75, 3.05) is 18.8 Å². The Morgan fingerprint density at radius 3 is 2.70 bits per heavy atom. The number of nitrogen functional groups attached to an aromatic ring is 1. The number of carbonyl (C=O) groups is 1. The number of nitrogens with zero attached hydrogens (tertiary/aromatic N) is 3. The third kappa shape index (κ3) is 5.98. The Kier molecular flexibility index (Phi) is 8.76. The van der Waals surface area contributed by atoms with E-state index in [4.69, 9.17) is 10.3 Å². The first-order chi connectivity index (χ1) is 14.8. The van der Waals surface area contributed by atoms with Crippen LogP contribution < -0.4 is 16.4 Å². The molecule has 0 aliphatic carbocycles. The summed E-state index contributed by atoms with van der Waals surface area (Å²) in [6.45, 7) is 1.70. The van der Waals surface area contributed by atoms with Crippen LogP contribution in [-0.2, 0) is 12.7 Å². The molecule has 1 saturated heterocycles. The second-order valence-corrected chi connectivity index (χ2v) is 7.34. The summed E-state index contributed by atoms with van der Waals surface area (Å²) in [6, 6.07) is 5.00. The number of carbonyl (C=O) groups excluding carboxylic acids is 1. The number of aromatic nitrogens is 3. The average molecular weight is 507 g/mol. The summed E-state index contributed by atoms with van der Waals surface area (Å²) in [7, 11) is 0. The quantitative estimate of drug-likeness (QED) is 0.484. The maximum Gasteiger partial charge on any atom is 0.416 e. The number of halogens is 5. The van der Waals surface area contributed by atoms with Crippen molar-refractivity contribution >= 4 is 36.6 Å². The highest BCUT2D eigenvalue weighted by Gasteiger charge is 2.30. The molecule has 0 atom stereocenters. The molecule has 1 fully saturated rings. The molecule has 0 saturated carbocycles. The lowest BCUT2D eigenvalue weighted by atomic mass is 10.1. The molecule has 0 unspecified atom stereocenters. The number of hydrogen-bond donors (Lipinski definition) is 3. The second kappa shape index (κ2) is 10.9. The summed E-state index contributed by atoms with van der Waals surface area (Å²) in [5.74, 6) is -0.771. The smallest absolute Gasteiger partial charge is 0.367 e. The maximum absolute atomic E-state index is 12.9. The molecule has 1 amide bonds. The SMILES string of the molecule is Cl.Cl.Nc1onc(-c2cnn(C3CCNCC3)c2)c1C(=O)NCc1cccc(C(F)(F)F)c1. The van der Waals surface area contributed by atoms with Crippen LogP contribution in [0.25, 0.3) is 11.3 Å². The topological polar surface area (TPSA) is 111 Å². The molecule has 8 nitrogen and oxygen atoms in total. The zero-order valence-corrected chi connectivity index (χ0v) is 18.9. The summed E-state index contributed by atoms with van der Waals surface area (Å²) >= 11 is 0. The highest BCUT2D eigenvalue weighted by Crippen LogP contribution is 2.30. The third-order valence-corrected chi connectivity index (χ3v) is 5.21. The van der Waals surface area contributed by atoms with E-state index in [1.54, 1.807) is 12.4 Å². The number of nitrogens with one attached hydrogen (secondary N) is 2. The van der Waals surface area contributed by atoms with Crippen LogP contribution in [0.3, 0.4) is 0 Å². The van der Waals surface area contributed by atoms with Gasteiger partial charge in [0.1, 0.15) is 11.3 Å². The van der Waals surface area contributed by atoms with Gasteiger partial charge in [0.25, 0.3) is 5.91 Å². The van der Waals surface area contributed by atoms with Crippen molar-refractivity contribution in [1.82, 2.24) is 25.6 Å². The van der Waals surface area contributed by atoms with Crippen LogP contribution in [0.15, 0.2) is 41.2 Å². The van der Waals surface area contributed by atoms with Gasteiger partial charge in [-0.05, 0) is 43.6 Å². The minimum atomic E-state index is -4.46. The molecule has 180 valence electrons. The molecular formula is C20H23Cl2F3N6O2. The number of benzene rings is 1. The van der Waals surface area contributed by atoms with Crippen LogP contribution in [0.2, 0.25) is 0 Å². The molecule has 0 spiro atoms. The summed E-state index contributed by atoms with van der Waals surface area (Å²) < 4.78 is 45.5. The maximum atomic E-state index is 12.9. The zero-order valence-electron chi connectivity index (χ0n) is 17.3. The molecule has 4 N–H and O–H groups in total. The normalized spacial score (nSPS) is 14.3. The molecule has 2 aromatic heterocycles. The highest BCUT2D eigenvalue weighted by molar-refractivity contribution is 6.03. The Balaban J connectivity index is 0.00000193. The fourth-order valence-corrected chi connectivity index (χ4v) is 3.58. The first kappa shape index (κ1) is 26.5. The van der Waals surface area contributed by atoms with E-state index in [2.05, 4.69) is 20.9 Å². The summed E-state index contributed by atoms with van der Waals surface area (Å²) in [5, 5.41) is 14.1. The third-order valence-electron chi connectivity index (χ3n) is 5.21. The van der Waals surface area contributed by atoms with Crippen molar-refractivity contribution in [3.05, 3.63) is 53.3 Å². The Bertz CT molecular complexity index is 1080. The standard InChI is InChI=1S/C20H21F3N6O2.2ClH/c21-20(22,23)14-3-1-2-12(8-14)9-26-19(30)16-17(28-31-18(16)24)13-10-27-29(11-13)15-4-6-25-7-5-15;;/h1-3,8,10-11,15,25H,4-7,9,24H2,(H,26,30);2*1H. The molecule has 1 aliphatic rings. The lowest BCUT2D eigenvalue weighted by molar-refractivity contribution is -0.137. The first-order valence-electron chi connectivity index (χ1n) is 9.77. The van der Waals surface area contributed by atoms with Crippen molar-refractivity contribution in [2.45, 2.75) is 31.6 Å². The lowest BCUT2D eigenvalue weighted by Gasteiger charge is -2.22. The van der Waals surface area contributed by atoms with Gasteiger partial charge in [0.2, 0.25) is 5.88 Å². The number of piperidine rings is 1. The van der Waals surface area contributed by atoms with Gasteiger partial charge in [-0.25, -0.2) is 0 Å². The molecular weight excluding hydrogens is 484 g/mol. The Labute approximate surface area is 199 Å². The molecule has 4 rings (SSSR count). The number of amides is 1. The van der Waals surface area contributed by atoms with E-state index < -0.39 is 17.6 Å². The van der Waals surface area contributed by atoms with Crippen LogP contribution in [0.5, 0.6) is 0 Å². The predicted molar refractivity (Wildman–Crippen MR) is 120 cm³/mol. The number of nitrogens with two attached hydrogens (primary N) is 1. The minimum absolute atomic E-state index is 0. The second-order valence-electron chi connectivity index (χ2n) is 7.34. The van der Waals surface area contributed by atoms with Crippen LogP contribution in [0.4, 0.5) is 19.1 Å². The summed E-state index contributed by atoms with van der Waals surface area (Å²) in [6.07, 6.45) is 0.791. The van der Waals surface area contributed by atoms with Gasteiger partial charge in [0.15, 0.2) is 0 Å². The van der Waals surface area contributed by atoms with Gasteiger partial charge in [-0.3, -0.25) is 9.48 Å². The van der Waals surface area contributed by atoms with Crippen LogP contribution in [0.1, 0.15) is 40.4 Å². The Morgan fingerprint density at radius 1 is 1.27 bits per heavy atom. The van der Waals surface area contributed by atoms with Gasteiger partial charge in [0, 0.05) is 18.3 Å². The van der Waals surface area contributed by atoms with Crippen molar-refractivity contribution in [1.29, 1.82) is 0 Å². The summed E-state index contributed by atoms with van der Waals surface area (Å²) in [4.78, 5) is 12.7. The summed E-state index contributed by atoms with van der Waals surface area (Å²) in [5.41, 5.74) is 6.16. The van der Waals surface area contributed by atoms with Gasteiger partial charge in [-0.2, -0.15) is 18.3 Å². The average Bonchev–Trinajstić information content (AvgIpc) is 3.39. The van der Waals surface area contributed by atoms with E-state index in [-0.39, 0.29) is 54.5 Å². The van der Waals surface area contributed by atoms with Gasteiger partial charge < -0.3 is 20.9 Å². The van der Waals surface area contributed by atoms with E-state index in [1.165, 1.54) is 12.1 Å². The molecule has 13 heteroatoms. The monoisotopic (exact) mass is 506 g/mol. The molecule has 1 aliphatic heterocycles. The van der Waals surface area contributed by atoms with Crippen LogP contribution >= 0.6 is 24.8 Å². The highest BCUT2D eigenvalue weighted by atomic mass is 35.5. The Hall–Kier alpha value is -2.76. The Morgan fingerprint density at radius 2 is 2.00 bits per heavy atom. The van der Waals surface area contributed by atoms with Gasteiger partial charge in [-0.1, -0.05) is 17.3 Å². The molecule has 33 heavy (non-hydrogen) atoms. The van der Waals surface area contributed by atoms with Gasteiger partial charge >= 0.3 is 6.18 Å². The van der Waals surface area contributed by atoms with Gasteiger partial charge in [0.05, 0.1) is 17.8 Å². The number of rotatable bonds is 5. The van der Waals surface area contributed by atoms with Gasteiger partial charge in [-0.15, -0.1) is 24.8 Å².